The van der Waals surface area contributed by atoms with Gasteiger partial charge in [-0.25, -0.2) is 4.98 Å². The van der Waals surface area contributed by atoms with Crippen LogP contribution < -0.4 is 0 Å². The smallest absolute Gasteiger partial charge is 0.153 e. The molecule has 0 aliphatic heterocycles. The lowest BCUT2D eigenvalue weighted by atomic mass is 10.2. The average molecular weight is 232 g/mol. The quantitative estimate of drug-likeness (QED) is 0.809. The van der Waals surface area contributed by atoms with E-state index in [-0.39, 0.29) is 0 Å². The Morgan fingerprint density at radius 3 is 2.88 bits per heavy atom. The number of hydrogen-bond donors (Lipinski definition) is 1. The lowest BCUT2D eigenvalue weighted by molar-refractivity contribution is 0.742. The highest BCUT2D eigenvalue weighted by molar-refractivity contribution is 7.71. The van der Waals surface area contributed by atoms with E-state index in [9.17, 15) is 5.26 Å². The lowest BCUT2D eigenvalue weighted by Crippen LogP contribution is -2.00. The Labute approximate surface area is 98.5 Å². The number of nitrogens with zero attached hydrogens (tertiary/aromatic N) is 3. The van der Waals surface area contributed by atoms with Gasteiger partial charge in [-0.05, 0) is 13.3 Å². The maximum absolute atomic E-state index is 9.21. The summed E-state index contributed by atoms with van der Waals surface area (Å²) >= 11 is 5.21. The topological polar surface area (TPSA) is 57.4 Å². The summed E-state index contributed by atoms with van der Waals surface area (Å²) in [4.78, 5) is 7.09. The fourth-order valence-electron chi connectivity index (χ4n) is 2.08. The van der Waals surface area contributed by atoms with Gasteiger partial charge < -0.3 is 9.55 Å². The lowest BCUT2D eigenvalue weighted by Gasteiger charge is -2.04. The summed E-state index contributed by atoms with van der Waals surface area (Å²) in [6.07, 6.45) is 2.36. The first-order valence-corrected chi connectivity index (χ1v) is 5.64. The van der Waals surface area contributed by atoms with Crippen LogP contribution in [0.2, 0.25) is 0 Å². The monoisotopic (exact) mass is 232 g/mol. The largest absolute Gasteiger partial charge is 0.343 e. The van der Waals surface area contributed by atoms with Crippen LogP contribution in [-0.2, 0) is 13.0 Å². The van der Waals surface area contributed by atoms with Crippen LogP contribution in [-0.4, -0.2) is 14.5 Å². The highest BCUT2D eigenvalue weighted by atomic mass is 32.1. The molecule has 2 aromatic heterocycles. The molecule has 0 aliphatic rings. The summed E-state index contributed by atoms with van der Waals surface area (Å²) in [5, 5.41) is 9.21. The molecular weight excluding hydrogens is 220 g/mol. The van der Waals surface area contributed by atoms with Gasteiger partial charge in [0.2, 0.25) is 0 Å². The van der Waals surface area contributed by atoms with Gasteiger partial charge in [0.1, 0.15) is 11.6 Å². The third-order valence-corrected chi connectivity index (χ3v) is 3.03. The van der Waals surface area contributed by atoms with E-state index in [0.717, 1.165) is 29.7 Å². The van der Waals surface area contributed by atoms with Crippen molar-refractivity contribution in [2.75, 3.05) is 0 Å². The van der Waals surface area contributed by atoms with Crippen LogP contribution in [0.1, 0.15) is 25.1 Å². The standard InChI is InChI=1S/C11H12N4S/c1-3-8-7(5-12)9-10(15(8)4-2)11(16)14-6-13-9/h6H,3-4H2,1-2H3,(H,13,14,16). The zero-order chi connectivity index (χ0) is 11.7. The van der Waals surface area contributed by atoms with Crippen molar-refractivity contribution in [2.45, 2.75) is 26.8 Å². The Morgan fingerprint density at radius 2 is 2.31 bits per heavy atom. The third-order valence-electron chi connectivity index (χ3n) is 2.73. The molecule has 4 nitrogen and oxygen atoms in total. The Bertz CT molecular complexity index is 630. The van der Waals surface area contributed by atoms with Crippen molar-refractivity contribution in [1.29, 1.82) is 5.26 Å². The van der Waals surface area contributed by atoms with E-state index in [1.807, 2.05) is 13.8 Å². The summed E-state index contributed by atoms with van der Waals surface area (Å²) in [6, 6.07) is 2.25. The van der Waals surface area contributed by atoms with Crippen LogP contribution in [0.5, 0.6) is 0 Å². The number of nitrogens with one attached hydrogen (secondary N) is 1. The molecule has 1 N–H and O–H groups in total. The van der Waals surface area contributed by atoms with Crippen molar-refractivity contribution in [3.05, 3.63) is 22.2 Å². The van der Waals surface area contributed by atoms with E-state index in [1.165, 1.54) is 0 Å². The number of fused-ring (bicyclic) bond motifs is 1. The van der Waals surface area contributed by atoms with Crippen molar-refractivity contribution >= 4 is 23.3 Å². The summed E-state index contributed by atoms with van der Waals surface area (Å²) in [5.74, 6) is 0. The highest BCUT2D eigenvalue weighted by Crippen LogP contribution is 2.24. The van der Waals surface area contributed by atoms with E-state index >= 15 is 0 Å². The van der Waals surface area contributed by atoms with Gasteiger partial charge in [-0.3, -0.25) is 0 Å². The number of nitriles is 1. The summed E-state index contributed by atoms with van der Waals surface area (Å²) in [5.41, 5.74) is 3.39. The van der Waals surface area contributed by atoms with Crippen LogP contribution in [0, 0.1) is 16.0 Å². The molecule has 0 saturated heterocycles. The molecule has 0 spiro atoms. The van der Waals surface area contributed by atoms with E-state index < -0.39 is 0 Å². The van der Waals surface area contributed by atoms with Gasteiger partial charge in [0, 0.05) is 12.2 Å². The second kappa shape index (κ2) is 4.06. The van der Waals surface area contributed by atoms with Crippen molar-refractivity contribution in [1.82, 2.24) is 14.5 Å². The molecule has 0 atom stereocenters. The third kappa shape index (κ3) is 1.34. The number of aryl methyl sites for hydroxylation is 1. The van der Waals surface area contributed by atoms with Crippen LogP contribution in [0.15, 0.2) is 6.33 Å². The predicted molar refractivity (Wildman–Crippen MR) is 64.7 cm³/mol. The molecule has 2 rings (SSSR count). The van der Waals surface area contributed by atoms with Crippen molar-refractivity contribution in [2.24, 2.45) is 0 Å². The molecule has 0 unspecified atom stereocenters. The SMILES string of the molecule is CCc1c(C#N)c2[nH]cnc(=S)c2n1CC. The molecule has 0 aromatic carbocycles. The van der Waals surface area contributed by atoms with E-state index in [0.29, 0.717) is 10.2 Å². The van der Waals surface area contributed by atoms with Gasteiger partial charge in [-0.1, -0.05) is 19.1 Å². The predicted octanol–water partition coefficient (Wildman–Crippen LogP) is 2.55. The average Bonchev–Trinajstić information content (AvgIpc) is 2.62. The first kappa shape index (κ1) is 10.8. The molecule has 0 aliphatic carbocycles. The zero-order valence-electron chi connectivity index (χ0n) is 9.24. The van der Waals surface area contributed by atoms with Crippen molar-refractivity contribution in [3.8, 4) is 6.07 Å². The van der Waals surface area contributed by atoms with Gasteiger partial charge in [0.25, 0.3) is 0 Å². The van der Waals surface area contributed by atoms with Gasteiger partial charge in [-0.15, -0.1) is 0 Å². The minimum absolute atomic E-state index is 0.548. The van der Waals surface area contributed by atoms with E-state index in [4.69, 9.17) is 12.2 Å². The van der Waals surface area contributed by atoms with Crippen molar-refractivity contribution in [3.63, 3.8) is 0 Å². The van der Waals surface area contributed by atoms with E-state index in [1.54, 1.807) is 6.33 Å². The summed E-state index contributed by atoms with van der Waals surface area (Å²) in [6.45, 7) is 4.88. The first-order chi connectivity index (χ1) is 7.74. The van der Waals surface area contributed by atoms with Gasteiger partial charge in [0.15, 0.2) is 4.64 Å². The van der Waals surface area contributed by atoms with Crippen LogP contribution in [0.25, 0.3) is 11.0 Å². The molecule has 16 heavy (non-hydrogen) atoms. The molecule has 0 saturated carbocycles. The Hall–Kier alpha value is -1.67. The number of rotatable bonds is 2. The first-order valence-electron chi connectivity index (χ1n) is 5.23. The number of hydrogen-bond acceptors (Lipinski definition) is 3. The summed E-state index contributed by atoms with van der Waals surface area (Å²) in [7, 11) is 0. The number of H-pyrrole nitrogens is 1. The molecule has 0 radical (unpaired) electrons. The molecular formula is C11H12N4S. The van der Waals surface area contributed by atoms with E-state index in [2.05, 4.69) is 20.6 Å². The molecule has 5 heteroatoms. The molecule has 82 valence electrons. The maximum atomic E-state index is 9.21. The molecule has 0 bridgehead atoms. The van der Waals surface area contributed by atoms with Gasteiger partial charge >= 0.3 is 0 Å². The Balaban J connectivity index is 3.04. The minimum atomic E-state index is 0.548. The van der Waals surface area contributed by atoms with Gasteiger partial charge in [0.05, 0.1) is 17.4 Å². The fraction of sp³-hybridized carbons (Fsp3) is 0.364. The van der Waals surface area contributed by atoms with Gasteiger partial charge in [-0.2, -0.15) is 5.26 Å². The van der Waals surface area contributed by atoms with Crippen LogP contribution in [0.3, 0.4) is 0 Å². The maximum Gasteiger partial charge on any atom is 0.153 e. The zero-order valence-corrected chi connectivity index (χ0v) is 10.1. The number of aromatic amines is 1. The van der Waals surface area contributed by atoms with Crippen LogP contribution >= 0.6 is 12.2 Å². The molecule has 2 heterocycles. The van der Waals surface area contributed by atoms with Crippen LogP contribution in [0.4, 0.5) is 0 Å². The molecule has 0 amide bonds. The normalized spacial score (nSPS) is 10.6. The molecule has 2 aromatic rings. The fourth-order valence-corrected chi connectivity index (χ4v) is 2.35. The second-order valence-corrected chi connectivity index (χ2v) is 3.85. The minimum Gasteiger partial charge on any atom is -0.343 e. The second-order valence-electron chi connectivity index (χ2n) is 3.46. The molecule has 0 fully saturated rings. The summed E-state index contributed by atoms with van der Waals surface area (Å²) < 4.78 is 2.62. The highest BCUT2D eigenvalue weighted by Gasteiger charge is 2.16. The Kier molecular flexibility index (Phi) is 2.75. The number of aromatic nitrogens is 3. The van der Waals surface area contributed by atoms with Crippen molar-refractivity contribution < 1.29 is 0 Å². The Morgan fingerprint density at radius 1 is 1.56 bits per heavy atom.